The maximum absolute atomic E-state index is 12.1. The van der Waals surface area contributed by atoms with Gasteiger partial charge in [0.25, 0.3) is 5.22 Å². The molecule has 0 aliphatic carbocycles. The fourth-order valence-electron chi connectivity index (χ4n) is 2.60. The highest BCUT2D eigenvalue weighted by molar-refractivity contribution is 7.99. The van der Waals surface area contributed by atoms with Crippen LogP contribution in [0.2, 0.25) is 0 Å². The van der Waals surface area contributed by atoms with Crippen LogP contribution in [-0.2, 0) is 9.53 Å². The average molecular weight is 426 g/mol. The maximum atomic E-state index is 12.1. The van der Waals surface area contributed by atoms with Crippen LogP contribution in [0.4, 0.5) is 5.69 Å². The average Bonchev–Trinajstić information content (AvgIpc) is 3.21. The Morgan fingerprint density at radius 1 is 1.07 bits per heavy atom. The molecule has 156 valence electrons. The SMILES string of the molecule is CCOC(=O)c1ccc(NC(=O)CCCSc2nnc(-c3ccc(C)cc3)o2)cc1. The van der Waals surface area contributed by atoms with Crippen LogP contribution in [-0.4, -0.2) is 34.4 Å². The van der Waals surface area contributed by atoms with Crippen molar-refractivity contribution in [3.8, 4) is 11.5 Å². The van der Waals surface area contributed by atoms with Crippen LogP contribution >= 0.6 is 11.8 Å². The number of hydrogen-bond acceptors (Lipinski definition) is 7. The van der Waals surface area contributed by atoms with E-state index in [0.29, 0.717) is 47.6 Å². The minimum atomic E-state index is -0.376. The normalized spacial score (nSPS) is 10.6. The second-order valence-corrected chi connectivity index (χ2v) is 7.58. The molecular weight excluding hydrogens is 402 g/mol. The van der Waals surface area contributed by atoms with Gasteiger partial charge in [0.15, 0.2) is 0 Å². The minimum absolute atomic E-state index is 0.0923. The molecule has 7 nitrogen and oxygen atoms in total. The largest absolute Gasteiger partial charge is 0.462 e. The second-order valence-electron chi connectivity index (χ2n) is 6.54. The molecule has 0 bridgehead atoms. The fraction of sp³-hybridized carbons (Fsp3) is 0.273. The number of nitrogens with zero attached hydrogens (tertiary/aromatic N) is 2. The van der Waals surface area contributed by atoms with Gasteiger partial charge in [0.1, 0.15) is 0 Å². The molecule has 1 heterocycles. The monoisotopic (exact) mass is 425 g/mol. The van der Waals surface area contributed by atoms with Gasteiger partial charge in [-0.2, -0.15) is 0 Å². The molecule has 1 amide bonds. The number of aromatic nitrogens is 2. The maximum Gasteiger partial charge on any atom is 0.338 e. The summed E-state index contributed by atoms with van der Waals surface area (Å²) in [5, 5.41) is 11.4. The van der Waals surface area contributed by atoms with Crippen molar-refractivity contribution in [2.75, 3.05) is 17.7 Å². The van der Waals surface area contributed by atoms with Crippen LogP contribution < -0.4 is 5.32 Å². The van der Waals surface area contributed by atoms with E-state index in [4.69, 9.17) is 9.15 Å². The smallest absolute Gasteiger partial charge is 0.338 e. The lowest BCUT2D eigenvalue weighted by Gasteiger charge is -2.06. The van der Waals surface area contributed by atoms with Gasteiger partial charge in [-0.15, -0.1) is 10.2 Å². The summed E-state index contributed by atoms with van der Waals surface area (Å²) in [6, 6.07) is 14.5. The number of carbonyl (C=O) groups is 2. The van der Waals surface area contributed by atoms with Crippen molar-refractivity contribution < 1.29 is 18.7 Å². The summed E-state index contributed by atoms with van der Waals surface area (Å²) in [6.45, 7) is 4.10. The zero-order valence-corrected chi connectivity index (χ0v) is 17.7. The van der Waals surface area contributed by atoms with Crippen molar-refractivity contribution in [1.82, 2.24) is 10.2 Å². The number of aryl methyl sites for hydroxylation is 1. The number of amides is 1. The third kappa shape index (κ3) is 6.18. The third-order valence-corrected chi connectivity index (χ3v) is 5.06. The first kappa shape index (κ1) is 21.6. The molecule has 0 atom stereocenters. The van der Waals surface area contributed by atoms with E-state index in [1.165, 1.54) is 17.3 Å². The van der Waals surface area contributed by atoms with E-state index in [2.05, 4.69) is 15.5 Å². The number of ether oxygens (including phenoxy) is 1. The Morgan fingerprint density at radius 2 is 1.80 bits per heavy atom. The van der Waals surface area contributed by atoms with Crippen LogP contribution in [0.3, 0.4) is 0 Å². The summed E-state index contributed by atoms with van der Waals surface area (Å²) in [7, 11) is 0. The van der Waals surface area contributed by atoms with Gasteiger partial charge in [-0.1, -0.05) is 29.5 Å². The number of nitrogens with one attached hydrogen (secondary N) is 1. The molecule has 0 spiro atoms. The quantitative estimate of drug-likeness (QED) is 0.301. The van der Waals surface area contributed by atoms with Gasteiger partial charge in [-0.05, 0) is 56.7 Å². The van der Waals surface area contributed by atoms with Crippen LogP contribution in [0, 0.1) is 6.92 Å². The van der Waals surface area contributed by atoms with E-state index in [1.807, 2.05) is 31.2 Å². The van der Waals surface area contributed by atoms with Gasteiger partial charge in [-0.25, -0.2) is 4.79 Å². The van der Waals surface area contributed by atoms with Crippen LogP contribution in [0.1, 0.15) is 35.7 Å². The summed E-state index contributed by atoms with van der Waals surface area (Å²) in [6.07, 6.45) is 1.03. The van der Waals surface area contributed by atoms with Gasteiger partial charge >= 0.3 is 5.97 Å². The first-order chi connectivity index (χ1) is 14.5. The number of carbonyl (C=O) groups excluding carboxylic acids is 2. The van der Waals surface area contributed by atoms with Crippen molar-refractivity contribution in [3.63, 3.8) is 0 Å². The van der Waals surface area contributed by atoms with E-state index in [9.17, 15) is 9.59 Å². The van der Waals surface area contributed by atoms with Gasteiger partial charge in [0.05, 0.1) is 12.2 Å². The predicted octanol–water partition coefficient (Wildman–Crippen LogP) is 4.73. The molecule has 1 aromatic heterocycles. The Bertz CT molecular complexity index is 984. The van der Waals surface area contributed by atoms with E-state index >= 15 is 0 Å². The number of anilines is 1. The molecule has 1 N–H and O–H groups in total. The van der Waals surface area contributed by atoms with Crippen molar-refractivity contribution in [3.05, 3.63) is 59.7 Å². The van der Waals surface area contributed by atoms with E-state index in [-0.39, 0.29) is 11.9 Å². The highest BCUT2D eigenvalue weighted by atomic mass is 32.2. The third-order valence-electron chi connectivity index (χ3n) is 4.16. The van der Waals surface area contributed by atoms with Gasteiger partial charge in [-0.3, -0.25) is 4.79 Å². The highest BCUT2D eigenvalue weighted by Gasteiger charge is 2.10. The lowest BCUT2D eigenvalue weighted by atomic mass is 10.1. The van der Waals surface area contributed by atoms with E-state index < -0.39 is 0 Å². The molecule has 0 unspecified atom stereocenters. The summed E-state index contributed by atoms with van der Waals surface area (Å²) in [5.74, 6) is 0.705. The predicted molar refractivity (Wildman–Crippen MR) is 115 cm³/mol. The zero-order valence-electron chi connectivity index (χ0n) is 16.9. The topological polar surface area (TPSA) is 94.3 Å². The Balaban J connectivity index is 1.40. The van der Waals surface area contributed by atoms with Crippen molar-refractivity contribution in [2.45, 2.75) is 31.9 Å². The number of rotatable bonds is 9. The summed E-state index contributed by atoms with van der Waals surface area (Å²) >= 11 is 1.43. The molecule has 2 aromatic carbocycles. The number of benzene rings is 2. The Kier molecular flexibility index (Phi) is 7.62. The van der Waals surface area contributed by atoms with Gasteiger partial charge < -0.3 is 14.5 Å². The van der Waals surface area contributed by atoms with E-state index in [1.54, 1.807) is 31.2 Å². The Hall–Kier alpha value is -3.13. The van der Waals surface area contributed by atoms with Crippen LogP contribution in [0.5, 0.6) is 0 Å². The lowest BCUT2D eigenvalue weighted by molar-refractivity contribution is -0.116. The molecule has 0 fully saturated rings. The molecule has 30 heavy (non-hydrogen) atoms. The number of esters is 1. The zero-order chi connectivity index (χ0) is 21.3. The fourth-order valence-corrected chi connectivity index (χ4v) is 3.30. The highest BCUT2D eigenvalue weighted by Crippen LogP contribution is 2.24. The summed E-state index contributed by atoms with van der Waals surface area (Å²) < 4.78 is 10.6. The van der Waals surface area contributed by atoms with Gasteiger partial charge in [0.2, 0.25) is 11.8 Å². The molecule has 0 aliphatic heterocycles. The summed E-state index contributed by atoms with van der Waals surface area (Å²) in [5.41, 5.74) is 3.14. The molecule has 3 aromatic rings. The van der Waals surface area contributed by atoms with Crippen molar-refractivity contribution in [2.24, 2.45) is 0 Å². The minimum Gasteiger partial charge on any atom is -0.462 e. The molecule has 3 rings (SSSR count). The standard InChI is InChI=1S/C22H23N3O4S/c1-3-28-21(27)17-10-12-18(13-11-17)23-19(26)5-4-14-30-22-25-24-20(29-22)16-8-6-15(2)7-9-16/h6-13H,3-5,14H2,1-2H3,(H,23,26). The molecular formula is C22H23N3O4S. The molecule has 0 saturated heterocycles. The Labute approximate surface area is 179 Å². The van der Waals surface area contributed by atoms with E-state index in [0.717, 1.165) is 5.56 Å². The first-order valence-corrected chi connectivity index (χ1v) is 10.6. The summed E-state index contributed by atoms with van der Waals surface area (Å²) in [4.78, 5) is 23.7. The van der Waals surface area contributed by atoms with Crippen molar-refractivity contribution >= 4 is 29.3 Å². The number of hydrogen-bond donors (Lipinski definition) is 1. The molecule has 0 radical (unpaired) electrons. The Morgan fingerprint density at radius 3 is 2.50 bits per heavy atom. The van der Waals surface area contributed by atoms with Crippen LogP contribution in [0.25, 0.3) is 11.5 Å². The molecule has 0 saturated carbocycles. The van der Waals surface area contributed by atoms with Gasteiger partial charge in [0, 0.05) is 23.4 Å². The molecule has 0 aliphatic rings. The second kappa shape index (κ2) is 10.6. The first-order valence-electron chi connectivity index (χ1n) is 9.65. The molecule has 8 heteroatoms. The van der Waals surface area contributed by atoms with Crippen molar-refractivity contribution in [1.29, 1.82) is 0 Å². The number of thioether (sulfide) groups is 1. The van der Waals surface area contributed by atoms with Crippen LogP contribution in [0.15, 0.2) is 58.2 Å². The lowest BCUT2D eigenvalue weighted by Crippen LogP contribution is -2.12.